The van der Waals surface area contributed by atoms with Crippen LogP contribution in [0.3, 0.4) is 0 Å². The van der Waals surface area contributed by atoms with Gasteiger partial charge in [0.1, 0.15) is 0 Å². The van der Waals surface area contributed by atoms with Gasteiger partial charge in [0.25, 0.3) is 5.91 Å². The van der Waals surface area contributed by atoms with Crippen molar-refractivity contribution in [3.05, 3.63) is 60.6 Å². The fraction of sp³-hybridized carbons (Fsp3) is 0. The van der Waals surface area contributed by atoms with Crippen LogP contribution in [-0.2, 0) is 0 Å². The Balaban J connectivity index is 1.82. The fourth-order valence-electron chi connectivity index (χ4n) is 1.81. The van der Waals surface area contributed by atoms with Crippen LogP contribution in [0.5, 0.6) is 0 Å². The molecule has 2 N–H and O–H groups in total. The van der Waals surface area contributed by atoms with Crippen molar-refractivity contribution in [1.29, 1.82) is 0 Å². The second-order valence-corrected chi connectivity index (χ2v) is 4.14. The summed E-state index contributed by atoms with van der Waals surface area (Å²) < 4.78 is 0. The van der Waals surface area contributed by atoms with E-state index in [1.54, 1.807) is 12.3 Å². The number of carbonyl (C=O) groups excluding carboxylic acids is 1. The molecule has 2 heterocycles. The number of rotatable bonds is 3. The van der Waals surface area contributed by atoms with E-state index in [0.717, 1.165) is 11.3 Å². The second kappa shape index (κ2) is 5.31. The molecule has 2 aromatic heterocycles. The van der Waals surface area contributed by atoms with Gasteiger partial charge in [-0.1, -0.05) is 12.1 Å². The highest BCUT2D eigenvalue weighted by Gasteiger charge is 2.07. The molecule has 0 spiro atoms. The summed E-state index contributed by atoms with van der Waals surface area (Å²) in [6.07, 6.45) is 4.59. The smallest absolute Gasteiger partial charge is 0.257 e. The molecule has 1 amide bonds. The monoisotopic (exact) mass is 265 g/mol. The van der Waals surface area contributed by atoms with Crippen molar-refractivity contribution in [2.45, 2.75) is 0 Å². The quantitative estimate of drug-likeness (QED) is 0.759. The van der Waals surface area contributed by atoms with Gasteiger partial charge in [0, 0.05) is 17.4 Å². The first-order valence-electron chi connectivity index (χ1n) is 6.01. The number of nitrogens with one attached hydrogen (secondary N) is 2. The van der Waals surface area contributed by atoms with E-state index in [0.29, 0.717) is 11.3 Å². The van der Waals surface area contributed by atoms with Crippen molar-refractivity contribution in [2.75, 3.05) is 5.32 Å². The molecule has 0 atom stereocenters. The molecule has 1 aromatic carbocycles. The van der Waals surface area contributed by atoms with Crippen molar-refractivity contribution < 1.29 is 4.79 Å². The number of anilines is 1. The van der Waals surface area contributed by atoms with E-state index in [1.807, 2.05) is 30.3 Å². The molecular weight excluding hydrogens is 254 g/mol. The maximum atomic E-state index is 12.0. The fourth-order valence-corrected chi connectivity index (χ4v) is 1.81. The van der Waals surface area contributed by atoms with Gasteiger partial charge in [-0.25, -0.2) is 0 Å². The van der Waals surface area contributed by atoms with Gasteiger partial charge in [-0.3, -0.25) is 9.89 Å². The Kier molecular flexibility index (Phi) is 3.20. The van der Waals surface area contributed by atoms with Gasteiger partial charge in [-0.05, 0) is 24.3 Å². The van der Waals surface area contributed by atoms with E-state index in [-0.39, 0.29) is 5.91 Å². The largest absolute Gasteiger partial charge is 0.322 e. The summed E-state index contributed by atoms with van der Waals surface area (Å²) in [7, 11) is 0. The zero-order valence-corrected chi connectivity index (χ0v) is 10.4. The Labute approximate surface area is 114 Å². The third-order valence-electron chi connectivity index (χ3n) is 2.78. The van der Waals surface area contributed by atoms with E-state index in [9.17, 15) is 4.79 Å². The predicted octanol–water partition coefficient (Wildman–Crippen LogP) is 2.12. The van der Waals surface area contributed by atoms with E-state index in [2.05, 4.69) is 25.7 Å². The molecule has 6 nitrogen and oxygen atoms in total. The zero-order chi connectivity index (χ0) is 13.8. The van der Waals surface area contributed by atoms with Gasteiger partial charge >= 0.3 is 0 Å². The van der Waals surface area contributed by atoms with Crippen LogP contribution in [0.15, 0.2) is 55.0 Å². The summed E-state index contributed by atoms with van der Waals surface area (Å²) in [6.45, 7) is 0. The van der Waals surface area contributed by atoms with E-state index < -0.39 is 0 Å². The summed E-state index contributed by atoms with van der Waals surface area (Å²) in [5.74, 6) is -0.221. The molecular formula is C14H11N5O. The van der Waals surface area contributed by atoms with Crippen molar-refractivity contribution in [2.24, 2.45) is 0 Å². The third kappa shape index (κ3) is 2.54. The molecule has 0 unspecified atom stereocenters. The minimum absolute atomic E-state index is 0.221. The van der Waals surface area contributed by atoms with Crippen LogP contribution in [-0.4, -0.2) is 26.3 Å². The molecule has 0 aliphatic heterocycles. The summed E-state index contributed by atoms with van der Waals surface area (Å²) in [5.41, 5.74) is 3.02. The first-order valence-corrected chi connectivity index (χ1v) is 6.01. The van der Waals surface area contributed by atoms with Crippen LogP contribution >= 0.6 is 0 Å². The van der Waals surface area contributed by atoms with Gasteiger partial charge in [-0.15, -0.1) is 0 Å². The maximum absolute atomic E-state index is 12.0. The maximum Gasteiger partial charge on any atom is 0.257 e. The Morgan fingerprint density at radius 3 is 2.80 bits per heavy atom. The Morgan fingerprint density at radius 2 is 2.05 bits per heavy atom. The molecule has 98 valence electrons. The number of aromatic nitrogens is 4. The number of hydrogen-bond acceptors (Lipinski definition) is 4. The average molecular weight is 265 g/mol. The Bertz CT molecular complexity index is 709. The molecule has 0 radical (unpaired) electrons. The van der Waals surface area contributed by atoms with Crippen LogP contribution in [0.1, 0.15) is 10.4 Å². The molecule has 0 saturated heterocycles. The lowest BCUT2D eigenvalue weighted by molar-refractivity contribution is 0.102. The van der Waals surface area contributed by atoms with Gasteiger partial charge in [0.15, 0.2) is 0 Å². The summed E-state index contributed by atoms with van der Waals surface area (Å²) in [5, 5.41) is 16.9. The zero-order valence-electron chi connectivity index (χ0n) is 10.4. The summed E-state index contributed by atoms with van der Waals surface area (Å²) in [4.78, 5) is 12.0. The lowest BCUT2D eigenvalue weighted by Crippen LogP contribution is -2.12. The first kappa shape index (κ1) is 12.0. The molecule has 0 aliphatic rings. The number of amides is 1. The number of H-pyrrole nitrogens is 1. The Hall–Kier alpha value is -3.02. The van der Waals surface area contributed by atoms with Crippen LogP contribution in [0.2, 0.25) is 0 Å². The lowest BCUT2D eigenvalue weighted by Gasteiger charge is -2.06. The molecule has 3 aromatic rings. The number of hydrogen-bond donors (Lipinski definition) is 2. The van der Waals surface area contributed by atoms with Gasteiger partial charge in [0.05, 0.1) is 23.7 Å². The third-order valence-corrected chi connectivity index (χ3v) is 2.78. The highest BCUT2D eigenvalue weighted by molar-refractivity contribution is 6.04. The second-order valence-electron chi connectivity index (χ2n) is 4.14. The SMILES string of the molecule is O=C(Nc1cccc(-c2ccn[nH]2)c1)c1ccnnc1. The molecule has 3 rings (SSSR count). The van der Waals surface area contributed by atoms with Crippen LogP contribution in [0.4, 0.5) is 5.69 Å². The van der Waals surface area contributed by atoms with Crippen LogP contribution < -0.4 is 5.32 Å². The van der Waals surface area contributed by atoms with Crippen molar-refractivity contribution in [3.8, 4) is 11.3 Å². The predicted molar refractivity (Wildman–Crippen MR) is 74.0 cm³/mol. The Morgan fingerprint density at radius 1 is 1.10 bits per heavy atom. The van der Waals surface area contributed by atoms with Crippen LogP contribution in [0, 0.1) is 0 Å². The average Bonchev–Trinajstić information content (AvgIpc) is 3.03. The van der Waals surface area contributed by atoms with E-state index >= 15 is 0 Å². The topological polar surface area (TPSA) is 83.6 Å². The highest BCUT2D eigenvalue weighted by atomic mass is 16.1. The van der Waals surface area contributed by atoms with E-state index in [4.69, 9.17) is 0 Å². The first-order chi connectivity index (χ1) is 9.83. The molecule has 0 saturated carbocycles. The minimum atomic E-state index is -0.221. The molecule has 6 heteroatoms. The normalized spacial score (nSPS) is 10.2. The van der Waals surface area contributed by atoms with Gasteiger partial charge < -0.3 is 5.32 Å². The summed E-state index contributed by atoms with van der Waals surface area (Å²) >= 11 is 0. The van der Waals surface area contributed by atoms with Crippen molar-refractivity contribution in [1.82, 2.24) is 20.4 Å². The molecule has 0 bridgehead atoms. The highest BCUT2D eigenvalue weighted by Crippen LogP contribution is 2.20. The lowest BCUT2D eigenvalue weighted by atomic mass is 10.1. The van der Waals surface area contributed by atoms with Crippen molar-refractivity contribution >= 4 is 11.6 Å². The molecule has 0 aliphatic carbocycles. The molecule has 20 heavy (non-hydrogen) atoms. The van der Waals surface area contributed by atoms with E-state index in [1.165, 1.54) is 12.4 Å². The summed E-state index contributed by atoms with van der Waals surface area (Å²) in [6, 6.07) is 11.0. The number of benzene rings is 1. The minimum Gasteiger partial charge on any atom is -0.322 e. The number of carbonyl (C=O) groups is 1. The number of aromatic amines is 1. The van der Waals surface area contributed by atoms with Gasteiger partial charge in [-0.2, -0.15) is 15.3 Å². The van der Waals surface area contributed by atoms with Crippen molar-refractivity contribution in [3.63, 3.8) is 0 Å². The molecule has 0 fully saturated rings. The number of nitrogens with zero attached hydrogens (tertiary/aromatic N) is 3. The standard InChI is InChI=1S/C14H11N5O/c20-14(11-4-6-15-17-9-11)18-12-3-1-2-10(8-12)13-5-7-16-19-13/h1-9H,(H,16,19)(H,18,20). The van der Waals surface area contributed by atoms with Gasteiger partial charge in [0.2, 0.25) is 0 Å². The van der Waals surface area contributed by atoms with Crippen LogP contribution in [0.25, 0.3) is 11.3 Å².